The normalized spacial score (nSPS) is 11.0. The summed E-state index contributed by atoms with van der Waals surface area (Å²) in [6.45, 7) is 1.82. The lowest BCUT2D eigenvalue weighted by Crippen LogP contribution is -2.12. The fourth-order valence-corrected chi connectivity index (χ4v) is 1.89. The summed E-state index contributed by atoms with van der Waals surface area (Å²) in [5.41, 5.74) is 1.52. The molecule has 2 heterocycles. The molecule has 0 atom stereocenters. The molecule has 0 aromatic carbocycles. The van der Waals surface area contributed by atoms with Gasteiger partial charge >= 0.3 is 0 Å². The van der Waals surface area contributed by atoms with Crippen LogP contribution in [0.3, 0.4) is 0 Å². The number of hydrogen-bond donors (Lipinski definition) is 1. The molecular formula is C8H8BrN3O. The molecule has 0 aliphatic heterocycles. The highest BCUT2D eigenvalue weighted by Gasteiger charge is 2.08. The van der Waals surface area contributed by atoms with Crippen LogP contribution in [-0.2, 0) is 7.05 Å². The van der Waals surface area contributed by atoms with Crippen molar-refractivity contribution in [3.05, 3.63) is 26.7 Å². The quantitative estimate of drug-likeness (QED) is 0.708. The first-order chi connectivity index (χ1) is 6.09. The Bertz CT molecular complexity index is 526. The van der Waals surface area contributed by atoms with Gasteiger partial charge in [0.15, 0.2) is 0 Å². The van der Waals surface area contributed by atoms with Gasteiger partial charge in [0, 0.05) is 7.05 Å². The van der Waals surface area contributed by atoms with Gasteiger partial charge in [0.2, 0.25) is 0 Å². The van der Waals surface area contributed by atoms with Gasteiger partial charge in [0.05, 0.1) is 16.6 Å². The fourth-order valence-electron chi connectivity index (χ4n) is 1.39. The average molecular weight is 242 g/mol. The lowest BCUT2D eigenvalue weighted by Gasteiger charge is -1.93. The third-order valence-electron chi connectivity index (χ3n) is 1.98. The Morgan fingerprint density at radius 1 is 1.62 bits per heavy atom. The Balaban J connectivity index is 3.03. The van der Waals surface area contributed by atoms with Gasteiger partial charge in [0.1, 0.15) is 4.60 Å². The zero-order valence-electron chi connectivity index (χ0n) is 7.26. The summed E-state index contributed by atoms with van der Waals surface area (Å²) in [4.78, 5) is 15.7. The SMILES string of the molecule is Cc1nc(Br)cc2[nH]n(C)c(=O)c12. The van der Waals surface area contributed by atoms with E-state index < -0.39 is 0 Å². The number of pyridine rings is 1. The molecule has 2 rings (SSSR count). The summed E-state index contributed by atoms with van der Waals surface area (Å²) >= 11 is 3.27. The molecule has 0 fully saturated rings. The van der Waals surface area contributed by atoms with Crippen molar-refractivity contribution in [1.82, 2.24) is 14.8 Å². The van der Waals surface area contributed by atoms with Crippen LogP contribution in [0.1, 0.15) is 5.69 Å². The van der Waals surface area contributed by atoms with Crippen LogP contribution >= 0.6 is 15.9 Å². The Kier molecular flexibility index (Phi) is 1.76. The second-order valence-corrected chi connectivity index (χ2v) is 3.74. The molecule has 0 unspecified atom stereocenters. The predicted molar refractivity (Wildman–Crippen MR) is 53.8 cm³/mol. The topological polar surface area (TPSA) is 50.7 Å². The molecule has 0 saturated carbocycles. The number of hydrogen-bond acceptors (Lipinski definition) is 2. The third kappa shape index (κ3) is 1.19. The van der Waals surface area contributed by atoms with E-state index in [0.717, 1.165) is 15.8 Å². The Hall–Kier alpha value is -1.10. The van der Waals surface area contributed by atoms with E-state index in [9.17, 15) is 4.79 Å². The van der Waals surface area contributed by atoms with E-state index in [1.54, 1.807) is 13.1 Å². The summed E-state index contributed by atoms with van der Waals surface area (Å²) in [6.07, 6.45) is 0. The number of nitrogens with one attached hydrogen (secondary N) is 1. The van der Waals surface area contributed by atoms with Gasteiger partial charge in [-0.25, -0.2) is 4.98 Å². The number of aromatic nitrogens is 3. The van der Waals surface area contributed by atoms with E-state index in [4.69, 9.17) is 0 Å². The zero-order valence-corrected chi connectivity index (χ0v) is 8.84. The summed E-state index contributed by atoms with van der Waals surface area (Å²) in [5.74, 6) is 0. The Morgan fingerprint density at radius 3 is 3.00 bits per heavy atom. The van der Waals surface area contributed by atoms with Gasteiger partial charge < -0.3 is 0 Å². The number of aromatic amines is 1. The molecule has 2 aromatic rings. The van der Waals surface area contributed by atoms with Gasteiger partial charge in [-0.2, -0.15) is 0 Å². The summed E-state index contributed by atoms with van der Waals surface area (Å²) in [6, 6.07) is 1.80. The molecule has 0 saturated heterocycles. The van der Waals surface area contributed by atoms with Crippen LogP contribution in [-0.4, -0.2) is 14.8 Å². The van der Waals surface area contributed by atoms with Gasteiger partial charge in [0.25, 0.3) is 5.56 Å². The number of nitrogens with zero attached hydrogens (tertiary/aromatic N) is 2. The highest BCUT2D eigenvalue weighted by molar-refractivity contribution is 9.10. The molecule has 0 bridgehead atoms. The van der Waals surface area contributed by atoms with Gasteiger partial charge in [-0.1, -0.05) is 0 Å². The standard InChI is InChI=1S/C8H8BrN3O/c1-4-7-5(3-6(9)10-4)11-12(2)8(7)13/h3,11H,1-2H3. The van der Waals surface area contributed by atoms with Crippen molar-refractivity contribution in [3.63, 3.8) is 0 Å². The number of aryl methyl sites for hydroxylation is 2. The van der Waals surface area contributed by atoms with Crippen molar-refractivity contribution in [2.75, 3.05) is 0 Å². The number of H-pyrrole nitrogens is 1. The number of halogens is 1. The number of fused-ring (bicyclic) bond motifs is 1. The molecule has 0 spiro atoms. The Labute approximate surface area is 82.7 Å². The predicted octanol–water partition coefficient (Wildman–Crippen LogP) is 1.33. The first kappa shape index (κ1) is 8.50. The van der Waals surface area contributed by atoms with Crippen molar-refractivity contribution in [2.45, 2.75) is 6.92 Å². The minimum Gasteiger partial charge on any atom is -0.295 e. The van der Waals surface area contributed by atoms with E-state index in [1.165, 1.54) is 4.68 Å². The minimum absolute atomic E-state index is 0.0347. The molecule has 0 aliphatic rings. The van der Waals surface area contributed by atoms with Crippen LogP contribution in [0.15, 0.2) is 15.5 Å². The highest BCUT2D eigenvalue weighted by atomic mass is 79.9. The van der Waals surface area contributed by atoms with E-state index in [0.29, 0.717) is 5.39 Å². The Morgan fingerprint density at radius 2 is 2.31 bits per heavy atom. The average Bonchev–Trinajstić information content (AvgIpc) is 2.27. The largest absolute Gasteiger partial charge is 0.295 e. The van der Waals surface area contributed by atoms with Crippen LogP contribution in [0.25, 0.3) is 10.9 Å². The van der Waals surface area contributed by atoms with Crippen LogP contribution in [0.4, 0.5) is 0 Å². The smallest absolute Gasteiger partial charge is 0.275 e. The van der Waals surface area contributed by atoms with Crippen LogP contribution < -0.4 is 5.56 Å². The van der Waals surface area contributed by atoms with E-state index in [1.807, 2.05) is 6.92 Å². The summed E-state index contributed by atoms with van der Waals surface area (Å²) in [5, 5.41) is 3.60. The maximum absolute atomic E-state index is 11.5. The number of rotatable bonds is 0. The highest BCUT2D eigenvalue weighted by Crippen LogP contribution is 2.15. The molecule has 0 aliphatic carbocycles. The van der Waals surface area contributed by atoms with Gasteiger partial charge in [-0.3, -0.25) is 14.6 Å². The summed E-state index contributed by atoms with van der Waals surface area (Å²) < 4.78 is 2.19. The van der Waals surface area contributed by atoms with Crippen molar-refractivity contribution in [1.29, 1.82) is 0 Å². The minimum atomic E-state index is -0.0347. The molecule has 5 heteroatoms. The lowest BCUT2D eigenvalue weighted by atomic mass is 10.2. The van der Waals surface area contributed by atoms with Crippen molar-refractivity contribution < 1.29 is 0 Å². The van der Waals surface area contributed by atoms with Crippen LogP contribution in [0.2, 0.25) is 0 Å². The molecule has 0 radical (unpaired) electrons. The second-order valence-electron chi connectivity index (χ2n) is 2.93. The maximum atomic E-state index is 11.5. The van der Waals surface area contributed by atoms with E-state index in [2.05, 4.69) is 26.0 Å². The monoisotopic (exact) mass is 241 g/mol. The van der Waals surface area contributed by atoms with Crippen molar-refractivity contribution >= 4 is 26.8 Å². The first-order valence-corrected chi connectivity index (χ1v) is 4.61. The third-order valence-corrected chi connectivity index (χ3v) is 2.38. The van der Waals surface area contributed by atoms with Crippen LogP contribution in [0, 0.1) is 6.92 Å². The molecule has 0 amide bonds. The van der Waals surface area contributed by atoms with Crippen LogP contribution in [0.5, 0.6) is 0 Å². The zero-order chi connectivity index (χ0) is 9.59. The molecule has 13 heavy (non-hydrogen) atoms. The first-order valence-electron chi connectivity index (χ1n) is 3.81. The summed E-state index contributed by atoms with van der Waals surface area (Å²) in [7, 11) is 1.69. The molecule has 2 aromatic heterocycles. The van der Waals surface area contributed by atoms with Gasteiger partial charge in [-0.15, -0.1) is 0 Å². The van der Waals surface area contributed by atoms with E-state index in [-0.39, 0.29) is 5.56 Å². The van der Waals surface area contributed by atoms with Crippen molar-refractivity contribution in [3.8, 4) is 0 Å². The molecule has 1 N–H and O–H groups in total. The second kappa shape index (κ2) is 2.70. The molecular weight excluding hydrogens is 234 g/mol. The van der Waals surface area contributed by atoms with E-state index >= 15 is 0 Å². The fraction of sp³-hybridized carbons (Fsp3) is 0.250. The lowest BCUT2D eigenvalue weighted by molar-refractivity contribution is 0.751. The van der Waals surface area contributed by atoms with Crippen molar-refractivity contribution in [2.24, 2.45) is 7.05 Å². The molecule has 68 valence electrons. The molecule has 4 nitrogen and oxygen atoms in total. The maximum Gasteiger partial charge on any atom is 0.275 e. The van der Waals surface area contributed by atoms with Gasteiger partial charge in [-0.05, 0) is 28.9 Å².